The van der Waals surface area contributed by atoms with Crippen LogP contribution in [0.15, 0.2) is 24.3 Å². The molecular weight excluding hydrogens is 294 g/mol. The molecule has 1 aromatic rings. The fourth-order valence-electron chi connectivity index (χ4n) is 1.34. The minimum Gasteiger partial charge on any atom is -0.452 e. The Morgan fingerprint density at radius 1 is 1.32 bits per heavy atom. The molecule has 22 heavy (non-hydrogen) atoms. The lowest BCUT2D eigenvalue weighted by Gasteiger charge is -2.11. The van der Waals surface area contributed by atoms with E-state index in [0.717, 1.165) is 6.07 Å². The van der Waals surface area contributed by atoms with Gasteiger partial charge in [-0.1, -0.05) is 6.07 Å². The highest BCUT2D eigenvalue weighted by Gasteiger charge is 2.14. The smallest absolute Gasteiger partial charge is 0.338 e. The molecule has 9 nitrogen and oxygen atoms in total. The average Bonchev–Trinajstić information content (AvgIpc) is 2.50. The minimum absolute atomic E-state index is 0.0358. The van der Waals surface area contributed by atoms with Crippen LogP contribution in [-0.2, 0) is 14.3 Å². The number of nitrogens with one attached hydrogen (secondary N) is 1. The van der Waals surface area contributed by atoms with Crippen LogP contribution in [0.2, 0.25) is 0 Å². The summed E-state index contributed by atoms with van der Waals surface area (Å²) in [6.07, 6.45) is 0. The number of non-ortho nitro benzene ring substituents is 1. The molecule has 0 heterocycles. The van der Waals surface area contributed by atoms with E-state index < -0.39 is 23.4 Å². The normalized spacial score (nSPS) is 9.73. The van der Waals surface area contributed by atoms with Gasteiger partial charge in [-0.15, -0.1) is 0 Å². The van der Waals surface area contributed by atoms with E-state index in [-0.39, 0.29) is 23.7 Å². The number of ether oxygens (including phenoxy) is 1. The van der Waals surface area contributed by atoms with Crippen molar-refractivity contribution in [3.63, 3.8) is 0 Å². The minimum atomic E-state index is -0.863. The zero-order chi connectivity index (χ0) is 16.7. The molecule has 118 valence electrons. The van der Waals surface area contributed by atoms with Gasteiger partial charge in [0.2, 0.25) is 5.91 Å². The molecule has 0 saturated heterocycles. The number of benzene rings is 1. The Hall–Kier alpha value is -2.97. The van der Waals surface area contributed by atoms with Crippen molar-refractivity contribution >= 4 is 23.5 Å². The lowest BCUT2D eigenvalue weighted by atomic mass is 10.2. The highest BCUT2D eigenvalue weighted by molar-refractivity contribution is 5.92. The van der Waals surface area contributed by atoms with Crippen LogP contribution in [0.4, 0.5) is 5.69 Å². The van der Waals surface area contributed by atoms with Crippen LogP contribution in [0.5, 0.6) is 0 Å². The Morgan fingerprint density at radius 3 is 2.59 bits per heavy atom. The molecule has 1 N–H and O–H groups in total. The molecule has 0 aliphatic carbocycles. The van der Waals surface area contributed by atoms with E-state index in [1.807, 2.05) is 0 Å². The van der Waals surface area contributed by atoms with E-state index in [1.165, 1.54) is 37.2 Å². The van der Waals surface area contributed by atoms with Crippen molar-refractivity contribution in [2.45, 2.75) is 0 Å². The van der Waals surface area contributed by atoms with Gasteiger partial charge in [0.1, 0.15) is 0 Å². The molecule has 0 spiro atoms. The first-order chi connectivity index (χ1) is 10.3. The van der Waals surface area contributed by atoms with Crippen LogP contribution >= 0.6 is 0 Å². The Bertz CT molecular complexity index is 599. The van der Waals surface area contributed by atoms with Crippen LogP contribution in [0, 0.1) is 10.1 Å². The Balaban J connectivity index is 2.49. The van der Waals surface area contributed by atoms with Crippen LogP contribution < -0.4 is 5.32 Å². The summed E-state index contributed by atoms with van der Waals surface area (Å²) in [5, 5.41) is 12.9. The molecule has 0 saturated carbocycles. The van der Waals surface area contributed by atoms with Gasteiger partial charge < -0.3 is 15.0 Å². The van der Waals surface area contributed by atoms with Crippen molar-refractivity contribution in [3.05, 3.63) is 39.9 Å². The molecule has 0 atom stereocenters. The second-order valence-corrected chi connectivity index (χ2v) is 4.45. The Labute approximate surface area is 126 Å². The number of carbonyl (C=O) groups excluding carboxylic acids is 3. The maximum atomic E-state index is 11.7. The van der Waals surface area contributed by atoms with Gasteiger partial charge in [-0.25, -0.2) is 4.79 Å². The quantitative estimate of drug-likeness (QED) is 0.447. The predicted molar refractivity (Wildman–Crippen MR) is 75.1 cm³/mol. The summed E-state index contributed by atoms with van der Waals surface area (Å²) in [6.45, 7) is -0.789. The highest BCUT2D eigenvalue weighted by Crippen LogP contribution is 2.13. The van der Waals surface area contributed by atoms with Crippen LogP contribution in [0.3, 0.4) is 0 Å². The first kappa shape index (κ1) is 17.1. The standard InChI is InChI=1S/C13H15N3O6/c1-15(2)12(18)7-14-11(17)8-22-13(19)9-4-3-5-10(6-9)16(20)21/h3-6H,7-8H2,1-2H3,(H,14,17). The van der Waals surface area contributed by atoms with Gasteiger partial charge in [-0.2, -0.15) is 0 Å². The van der Waals surface area contributed by atoms with Gasteiger partial charge >= 0.3 is 5.97 Å². The Morgan fingerprint density at radius 2 is 2.00 bits per heavy atom. The summed E-state index contributed by atoms with van der Waals surface area (Å²) in [7, 11) is 3.08. The van der Waals surface area contributed by atoms with E-state index in [4.69, 9.17) is 4.74 Å². The van der Waals surface area contributed by atoms with Gasteiger partial charge in [0.25, 0.3) is 11.6 Å². The number of amides is 2. The van der Waals surface area contributed by atoms with E-state index >= 15 is 0 Å². The number of carbonyl (C=O) groups is 3. The molecule has 0 aliphatic heterocycles. The number of nitrogens with zero attached hydrogens (tertiary/aromatic N) is 2. The van der Waals surface area contributed by atoms with Crippen molar-refractivity contribution in [2.75, 3.05) is 27.2 Å². The van der Waals surface area contributed by atoms with Crippen molar-refractivity contribution in [3.8, 4) is 0 Å². The van der Waals surface area contributed by atoms with Crippen LogP contribution in [-0.4, -0.2) is 54.9 Å². The summed E-state index contributed by atoms with van der Waals surface area (Å²) in [5.41, 5.74) is -0.290. The lowest BCUT2D eigenvalue weighted by molar-refractivity contribution is -0.384. The summed E-state index contributed by atoms with van der Waals surface area (Å²) in [4.78, 5) is 45.6. The number of hydrogen-bond donors (Lipinski definition) is 1. The number of nitro benzene ring substituents is 1. The van der Waals surface area contributed by atoms with Gasteiger partial charge in [-0.3, -0.25) is 19.7 Å². The van der Waals surface area contributed by atoms with Gasteiger partial charge in [0.05, 0.1) is 17.0 Å². The number of nitro groups is 1. The molecule has 1 rings (SSSR count). The molecule has 0 unspecified atom stereocenters. The van der Waals surface area contributed by atoms with Gasteiger partial charge in [-0.05, 0) is 6.07 Å². The van der Waals surface area contributed by atoms with E-state index in [1.54, 1.807) is 0 Å². The third-order valence-corrected chi connectivity index (χ3v) is 2.56. The molecule has 0 radical (unpaired) electrons. The van der Waals surface area contributed by atoms with E-state index in [9.17, 15) is 24.5 Å². The molecule has 0 fully saturated rings. The molecular formula is C13H15N3O6. The fraction of sp³-hybridized carbons (Fsp3) is 0.308. The first-order valence-electron chi connectivity index (χ1n) is 6.19. The third kappa shape index (κ3) is 5.19. The van der Waals surface area contributed by atoms with Gasteiger partial charge in [0, 0.05) is 26.2 Å². The van der Waals surface area contributed by atoms with E-state index in [0.29, 0.717) is 0 Å². The van der Waals surface area contributed by atoms with Gasteiger partial charge in [0.15, 0.2) is 6.61 Å². The molecule has 0 aromatic heterocycles. The third-order valence-electron chi connectivity index (χ3n) is 2.56. The lowest BCUT2D eigenvalue weighted by Crippen LogP contribution is -2.38. The number of rotatable bonds is 6. The molecule has 0 aliphatic rings. The van der Waals surface area contributed by atoms with Crippen LogP contribution in [0.1, 0.15) is 10.4 Å². The molecule has 2 amide bonds. The predicted octanol–water partition coefficient (Wildman–Crippen LogP) is -0.0440. The maximum Gasteiger partial charge on any atom is 0.338 e. The first-order valence-corrected chi connectivity index (χ1v) is 6.19. The summed E-state index contributed by atoms with van der Waals surface area (Å²) >= 11 is 0. The van der Waals surface area contributed by atoms with Crippen molar-refractivity contribution in [1.82, 2.24) is 10.2 Å². The summed E-state index contributed by atoms with van der Waals surface area (Å²) in [6, 6.07) is 4.96. The second-order valence-electron chi connectivity index (χ2n) is 4.45. The zero-order valence-electron chi connectivity index (χ0n) is 12.1. The average molecular weight is 309 g/mol. The summed E-state index contributed by atoms with van der Waals surface area (Å²) in [5.74, 6) is -1.81. The second kappa shape index (κ2) is 7.72. The number of esters is 1. The monoisotopic (exact) mass is 309 g/mol. The summed E-state index contributed by atoms with van der Waals surface area (Å²) < 4.78 is 4.72. The van der Waals surface area contributed by atoms with Crippen molar-refractivity contribution < 1.29 is 24.0 Å². The van der Waals surface area contributed by atoms with Crippen molar-refractivity contribution in [2.24, 2.45) is 0 Å². The van der Waals surface area contributed by atoms with Crippen LogP contribution in [0.25, 0.3) is 0 Å². The number of hydrogen-bond acceptors (Lipinski definition) is 6. The van der Waals surface area contributed by atoms with E-state index in [2.05, 4.69) is 5.32 Å². The van der Waals surface area contributed by atoms with Crippen molar-refractivity contribution in [1.29, 1.82) is 0 Å². The molecule has 1 aromatic carbocycles. The fourth-order valence-corrected chi connectivity index (χ4v) is 1.34. The SMILES string of the molecule is CN(C)C(=O)CNC(=O)COC(=O)c1cccc([N+](=O)[O-])c1. The zero-order valence-corrected chi connectivity index (χ0v) is 12.1. The topological polar surface area (TPSA) is 119 Å². The Kier molecular flexibility index (Phi) is 5.99. The molecule has 9 heteroatoms. The highest BCUT2D eigenvalue weighted by atomic mass is 16.6. The number of likely N-dealkylation sites (N-methyl/N-ethyl adjacent to an activating group) is 1. The molecule has 0 bridgehead atoms. The largest absolute Gasteiger partial charge is 0.452 e. The maximum absolute atomic E-state index is 11.7.